The van der Waals surface area contributed by atoms with Crippen molar-refractivity contribution in [3.05, 3.63) is 230 Å². The zero-order valence-corrected chi connectivity index (χ0v) is 35.9. The van der Waals surface area contributed by atoms with Crippen LogP contribution in [0.1, 0.15) is 13.3 Å². The highest BCUT2D eigenvalue weighted by molar-refractivity contribution is 6.30. The minimum atomic E-state index is 0.363. The summed E-state index contributed by atoms with van der Waals surface area (Å²) in [6, 6.07) is 66.6. The zero-order chi connectivity index (χ0) is 43.2. The summed E-state index contributed by atoms with van der Waals surface area (Å²) in [6.07, 6.45) is 11.2. The maximum atomic E-state index is 4.70. The summed E-state index contributed by atoms with van der Waals surface area (Å²) >= 11 is 0. The van der Waals surface area contributed by atoms with Gasteiger partial charge < -0.3 is 18.8 Å². The van der Waals surface area contributed by atoms with Crippen molar-refractivity contribution < 1.29 is 0 Å². The average Bonchev–Trinajstić information content (AvgIpc) is 3.88. The van der Waals surface area contributed by atoms with Crippen LogP contribution in [-0.2, 0) is 0 Å². The Morgan fingerprint density at radius 3 is 1.95 bits per heavy atom. The summed E-state index contributed by atoms with van der Waals surface area (Å²) in [6.45, 7) is 6.38. The highest BCUT2D eigenvalue weighted by atomic mass is 15.2. The molecule has 12 aromatic rings. The van der Waals surface area contributed by atoms with Crippen molar-refractivity contribution >= 4 is 99.1 Å². The van der Waals surface area contributed by atoms with E-state index < -0.39 is 0 Å². The molecule has 0 saturated carbocycles. The number of fused-ring (bicyclic) bond motifs is 9. The van der Waals surface area contributed by atoms with Crippen LogP contribution in [-0.4, -0.2) is 14.0 Å². The molecule has 13 rings (SSSR count). The molecule has 0 fully saturated rings. The maximum Gasteiger partial charge on any atom is 0.0645 e. The molecule has 8 aromatic carbocycles. The molecule has 0 N–H and O–H groups in total. The molecule has 1 atom stereocenters. The van der Waals surface area contributed by atoms with E-state index in [1.807, 2.05) is 24.5 Å². The van der Waals surface area contributed by atoms with Gasteiger partial charge in [-0.2, -0.15) is 0 Å². The molecular weight excluding hydrogens is 791 g/mol. The van der Waals surface area contributed by atoms with E-state index in [1.165, 1.54) is 70.9 Å². The van der Waals surface area contributed by atoms with Gasteiger partial charge in [0.15, 0.2) is 0 Å². The molecule has 0 saturated heterocycles. The molecule has 5 heteroatoms. The number of anilines is 5. The third-order valence-corrected chi connectivity index (χ3v) is 13.7. The first-order valence-corrected chi connectivity index (χ1v) is 22.5. The Morgan fingerprint density at radius 1 is 0.538 bits per heavy atom. The van der Waals surface area contributed by atoms with E-state index in [-0.39, 0.29) is 0 Å². The van der Waals surface area contributed by atoms with Gasteiger partial charge in [0.25, 0.3) is 0 Å². The standard InChI is InChI=1S/C60H43N5/c1-3-40-26-28-44(35-39(40)2)62(42-16-6-4-7-17-42)45-29-32-49-50-33-30-46(37-57(50)64(56(49)36-45)43-18-8-5-9-19-43)63(47-20-14-34-61-38-47)54-24-13-25-55-59(54)52-31-27-41-15-12-22-51-48-21-10-11-23-53(48)65(55)60(52)58(41)51/h3-34,36-39H,1,35H2,2H3. The minimum absolute atomic E-state index is 0.363. The number of para-hydroxylation sites is 3. The van der Waals surface area contributed by atoms with Gasteiger partial charge in [-0.1, -0.05) is 129 Å². The van der Waals surface area contributed by atoms with E-state index in [0.29, 0.717) is 5.92 Å². The van der Waals surface area contributed by atoms with Gasteiger partial charge in [0.05, 0.1) is 45.2 Å². The van der Waals surface area contributed by atoms with Crippen molar-refractivity contribution in [1.29, 1.82) is 0 Å². The van der Waals surface area contributed by atoms with E-state index in [1.54, 1.807) is 0 Å². The highest BCUT2D eigenvalue weighted by Crippen LogP contribution is 2.48. The molecule has 0 amide bonds. The van der Waals surface area contributed by atoms with E-state index in [2.05, 4.69) is 220 Å². The molecule has 4 aromatic heterocycles. The molecule has 0 aliphatic heterocycles. The maximum absolute atomic E-state index is 4.70. The average molecular weight is 834 g/mol. The largest absolute Gasteiger partial charge is 0.314 e. The first-order chi connectivity index (χ1) is 32.1. The van der Waals surface area contributed by atoms with Crippen molar-refractivity contribution in [2.75, 3.05) is 9.80 Å². The second-order valence-corrected chi connectivity index (χ2v) is 17.3. The molecule has 4 heterocycles. The Balaban J connectivity index is 1.07. The molecule has 5 nitrogen and oxygen atoms in total. The van der Waals surface area contributed by atoms with Gasteiger partial charge in [-0.3, -0.25) is 4.98 Å². The van der Waals surface area contributed by atoms with Gasteiger partial charge in [0.2, 0.25) is 0 Å². The molecule has 0 radical (unpaired) electrons. The lowest BCUT2D eigenvalue weighted by Gasteiger charge is -2.32. The predicted octanol–water partition coefficient (Wildman–Crippen LogP) is 16.1. The van der Waals surface area contributed by atoms with E-state index in [0.717, 1.165) is 51.6 Å². The van der Waals surface area contributed by atoms with Crippen LogP contribution in [0.2, 0.25) is 0 Å². The summed E-state index contributed by atoms with van der Waals surface area (Å²) in [7, 11) is 0. The Morgan fingerprint density at radius 2 is 1.20 bits per heavy atom. The van der Waals surface area contributed by atoms with E-state index >= 15 is 0 Å². The monoisotopic (exact) mass is 833 g/mol. The fourth-order valence-corrected chi connectivity index (χ4v) is 10.9. The van der Waals surface area contributed by atoms with Crippen LogP contribution in [0.25, 0.3) is 76.4 Å². The van der Waals surface area contributed by atoms with Crippen molar-refractivity contribution in [2.24, 2.45) is 5.92 Å². The van der Waals surface area contributed by atoms with Crippen molar-refractivity contribution in [3.63, 3.8) is 0 Å². The Kier molecular flexibility index (Phi) is 8.34. The first-order valence-electron chi connectivity index (χ1n) is 22.5. The third-order valence-electron chi connectivity index (χ3n) is 13.7. The SMILES string of the molecule is C=CC1=CC=C(N(c2ccccc2)c2ccc3c4ccc(N(c5cccnc5)c5cccc6c5c5ccc7cccc8c9ccccc9n6c5c78)cc4n(-c4ccccc4)c3c2)CC1C. The molecule has 1 unspecified atom stereocenters. The quantitative estimate of drug-likeness (QED) is 0.113. The van der Waals surface area contributed by atoms with Gasteiger partial charge in [0.1, 0.15) is 0 Å². The lowest BCUT2D eigenvalue weighted by Crippen LogP contribution is -2.20. The fraction of sp³-hybridized carbons (Fsp3) is 0.0500. The van der Waals surface area contributed by atoms with E-state index in [4.69, 9.17) is 4.98 Å². The van der Waals surface area contributed by atoms with Gasteiger partial charge in [-0.25, -0.2) is 0 Å². The van der Waals surface area contributed by atoms with E-state index in [9.17, 15) is 0 Å². The summed E-state index contributed by atoms with van der Waals surface area (Å²) in [4.78, 5) is 9.52. The van der Waals surface area contributed by atoms with Crippen LogP contribution < -0.4 is 9.80 Å². The van der Waals surface area contributed by atoms with Crippen LogP contribution in [0.3, 0.4) is 0 Å². The van der Waals surface area contributed by atoms with Crippen molar-refractivity contribution in [1.82, 2.24) is 14.0 Å². The van der Waals surface area contributed by atoms with Crippen LogP contribution in [0.15, 0.2) is 230 Å². The number of benzene rings is 8. The molecule has 0 spiro atoms. The topological polar surface area (TPSA) is 28.7 Å². The second kappa shape index (κ2) is 14.6. The minimum Gasteiger partial charge on any atom is -0.314 e. The number of rotatable bonds is 8. The highest BCUT2D eigenvalue weighted by Gasteiger charge is 2.26. The number of hydrogen-bond donors (Lipinski definition) is 0. The summed E-state index contributed by atoms with van der Waals surface area (Å²) in [5.74, 6) is 0.363. The van der Waals surface area contributed by atoms with Gasteiger partial charge in [-0.15, -0.1) is 0 Å². The second-order valence-electron chi connectivity index (χ2n) is 17.3. The predicted molar refractivity (Wildman–Crippen MR) is 274 cm³/mol. The van der Waals surface area contributed by atoms with Crippen LogP contribution in [0, 0.1) is 5.92 Å². The number of hydrogen-bond acceptors (Lipinski definition) is 3. The molecule has 308 valence electrons. The Bertz CT molecular complexity index is 3880. The first kappa shape index (κ1) is 37.2. The van der Waals surface area contributed by atoms with Crippen molar-refractivity contribution in [2.45, 2.75) is 13.3 Å². The normalized spacial score (nSPS) is 14.3. The van der Waals surface area contributed by atoms with Gasteiger partial charge >= 0.3 is 0 Å². The molecule has 1 aliphatic rings. The van der Waals surface area contributed by atoms with Gasteiger partial charge in [0, 0.05) is 67.0 Å². The zero-order valence-electron chi connectivity index (χ0n) is 35.9. The van der Waals surface area contributed by atoms with Crippen LogP contribution >= 0.6 is 0 Å². The fourth-order valence-electron chi connectivity index (χ4n) is 10.9. The number of allylic oxidation sites excluding steroid dienone is 5. The number of nitrogens with zero attached hydrogens (tertiary/aromatic N) is 5. The van der Waals surface area contributed by atoms with Crippen LogP contribution in [0.5, 0.6) is 0 Å². The smallest absolute Gasteiger partial charge is 0.0645 e. The molecule has 65 heavy (non-hydrogen) atoms. The number of aromatic nitrogens is 3. The Labute approximate surface area is 376 Å². The summed E-state index contributed by atoms with van der Waals surface area (Å²) in [5.41, 5.74) is 14.9. The summed E-state index contributed by atoms with van der Waals surface area (Å²) < 4.78 is 4.93. The molecule has 0 bridgehead atoms. The lowest BCUT2D eigenvalue weighted by molar-refractivity contribution is 0.669. The number of pyridine rings is 2. The van der Waals surface area contributed by atoms with Crippen LogP contribution in [0.4, 0.5) is 28.4 Å². The van der Waals surface area contributed by atoms with Crippen molar-refractivity contribution in [3.8, 4) is 5.69 Å². The molecule has 1 aliphatic carbocycles. The molecular formula is C60H43N5. The van der Waals surface area contributed by atoms with Gasteiger partial charge in [-0.05, 0) is 114 Å². The Hall–Kier alpha value is -8.41. The summed E-state index contributed by atoms with van der Waals surface area (Å²) in [5, 5.41) is 9.90. The lowest BCUT2D eigenvalue weighted by atomic mass is 9.90. The third kappa shape index (κ3) is 5.62.